The van der Waals surface area contributed by atoms with E-state index < -0.39 is 0 Å². The molecule has 0 saturated heterocycles. The third kappa shape index (κ3) is 2.79. The number of benzene rings is 1. The number of hydrogen-bond donors (Lipinski definition) is 0. The van der Waals surface area contributed by atoms with Crippen molar-refractivity contribution < 1.29 is 0 Å². The highest BCUT2D eigenvalue weighted by atomic mass is 16.1. The number of aryl methyl sites for hydroxylation is 1. The molecular formula is C24H26N4O. The molecule has 5 heteroatoms. The maximum absolute atomic E-state index is 13.4. The van der Waals surface area contributed by atoms with Crippen LogP contribution in [0, 0.1) is 18.8 Å². The lowest BCUT2D eigenvalue weighted by Crippen LogP contribution is -2.33. The Labute approximate surface area is 170 Å². The first-order valence-corrected chi connectivity index (χ1v) is 10.5. The Morgan fingerprint density at radius 1 is 1.07 bits per heavy atom. The monoisotopic (exact) mass is 386 g/mol. The molecule has 4 aromatic rings. The predicted molar refractivity (Wildman–Crippen MR) is 116 cm³/mol. The van der Waals surface area contributed by atoms with Crippen molar-refractivity contribution in [3.63, 3.8) is 0 Å². The minimum Gasteiger partial charge on any atom is -0.311 e. The van der Waals surface area contributed by atoms with Gasteiger partial charge in [0.15, 0.2) is 5.65 Å². The average molecular weight is 386 g/mol. The van der Waals surface area contributed by atoms with Crippen molar-refractivity contribution in [2.24, 2.45) is 11.8 Å². The second kappa shape index (κ2) is 6.83. The van der Waals surface area contributed by atoms with Crippen molar-refractivity contribution in [3.8, 4) is 11.1 Å². The van der Waals surface area contributed by atoms with Gasteiger partial charge < -0.3 is 4.57 Å². The SMILES string of the molecule is Cc1nn2c(ncc3c(=O)n([C@@H]4CCC[C@H](C)[C@H]4C)ccc32)c1-c1ccccc1. The van der Waals surface area contributed by atoms with Crippen molar-refractivity contribution in [1.82, 2.24) is 19.2 Å². The molecule has 0 spiro atoms. The van der Waals surface area contributed by atoms with Crippen LogP contribution in [-0.4, -0.2) is 19.2 Å². The van der Waals surface area contributed by atoms with E-state index in [1.54, 1.807) is 6.20 Å². The zero-order chi connectivity index (χ0) is 20.1. The van der Waals surface area contributed by atoms with Crippen molar-refractivity contribution in [3.05, 3.63) is 64.8 Å². The normalized spacial score (nSPS) is 22.4. The molecular weight excluding hydrogens is 360 g/mol. The quantitative estimate of drug-likeness (QED) is 0.486. The van der Waals surface area contributed by atoms with Crippen LogP contribution < -0.4 is 5.56 Å². The van der Waals surface area contributed by atoms with Gasteiger partial charge in [-0.1, -0.05) is 57.0 Å². The smallest absolute Gasteiger partial charge is 0.261 e. The van der Waals surface area contributed by atoms with Gasteiger partial charge in [0.25, 0.3) is 5.56 Å². The molecule has 3 atom stereocenters. The van der Waals surface area contributed by atoms with Crippen LogP contribution in [-0.2, 0) is 0 Å². The van der Waals surface area contributed by atoms with Crippen LogP contribution in [0.1, 0.15) is 44.8 Å². The Bertz CT molecular complexity index is 1250. The van der Waals surface area contributed by atoms with E-state index in [1.807, 2.05) is 46.5 Å². The van der Waals surface area contributed by atoms with Gasteiger partial charge in [0.2, 0.25) is 0 Å². The highest BCUT2D eigenvalue weighted by molar-refractivity contribution is 5.86. The van der Waals surface area contributed by atoms with Crippen LogP contribution >= 0.6 is 0 Å². The number of pyridine rings is 1. The summed E-state index contributed by atoms with van der Waals surface area (Å²) in [5, 5.41) is 5.37. The molecule has 0 N–H and O–H groups in total. The summed E-state index contributed by atoms with van der Waals surface area (Å²) in [4.78, 5) is 18.0. The average Bonchev–Trinajstić information content (AvgIpc) is 3.07. The third-order valence-corrected chi connectivity index (χ3v) is 6.80. The summed E-state index contributed by atoms with van der Waals surface area (Å²) in [7, 11) is 0. The summed E-state index contributed by atoms with van der Waals surface area (Å²) in [6.07, 6.45) is 7.18. The fraction of sp³-hybridized carbons (Fsp3) is 0.375. The molecule has 1 aliphatic carbocycles. The van der Waals surface area contributed by atoms with Crippen LogP contribution in [0.25, 0.3) is 27.7 Å². The molecule has 0 radical (unpaired) electrons. The van der Waals surface area contributed by atoms with E-state index in [9.17, 15) is 4.79 Å². The Kier molecular flexibility index (Phi) is 4.26. The molecule has 1 aromatic carbocycles. The minimum atomic E-state index is 0.0391. The topological polar surface area (TPSA) is 52.2 Å². The maximum atomic E-state index is 13.4. The van der Waals surface area contributed by atoms with Gasteiger partial charge in [-0.3, -0.25) is 4.79 Å². The van der Waals surface area contributed by atoms with Crippen LogP contribution in [0.15, 0.2) is 53.6 Å². The lowest BCUT2D eigenvalue weighted by atomic mass is 9.78. The lowest BCUT2D eigenvalue weighted by molar-refractivity contribution is 0.183. The lowest BCUT2D eigenvalue weighted by Gasteiger charge is -2.35. The third-order valence-electron chi connectivity index (χ3n) is 6.80. The molecule has 1 saturated carbocycles. The van der Waals surface area contributed by atoms with E-state index in [4.69, 9.17) is 5.10 Å². The highest BCUT2D eigenvalue weighted by Crippen LogP contribution is 2.37. The summed E-state index contributed by atoms with van der Waals surface area (Å²) in [5.74, 6) is 1.13. The van der Waals surface area contributed by atoms with E-state index >= 15 is 0 Å². The standard InChI is InChI=1S/C24H26N4O/c1-15-8-7-11-20(16(15)2)27-13-12-21-19(24(27)29)14-25-23-22(17(3)26-28(21)23)18-9-5-4-6-10-18/h4-6,9-10,12-16,20H,7-8,11H2,1-3H3/t15-,16+,20+/m0/s1. The van der Waals surface area contributed by atoms with Gasteiger partial charge in [0.05, 0.1) is 16.6 Å². The van der Waals surface area contributed by atoms with Crippen molar-refractivity contribution in [2.45, 2.75) is 46.1 Å². The van der Waals surface area contributed by atoms with E-state index in [0.717, 1.165) is 34.4 Å². The number of hydrogen-bond acceptors (Lipinski definition) is 3. The largest absolute Gasteiger partial charge is 0.311 e. The van der Waals surface area contributed by atoms with E-state index in [1.165, 1.54) is 12.8 Å². The number of nitrogens with zero attached hydrogens (tertiary/aromatic N) is 4. The summed E-state index contributed by atoms with van der Waals surface area (Å²) in [6.45, 7) is 6.57. The molecule has 0 aliphatic heterocycles. The van der Waals surface area contributed by atoms with Gasteiger partial charge in [0, 0.05) is 24.0 Å². The molecule has 148 valence electrons. The van der Waals surface area contributed by atoms with Crippen molar-refractivity contribution in [2.75, 3.05) is 0 Å². The fourth-order valence-electron chi connectivity index (χ4n) is 4.94. The Morgan fingerprint density at radius 2 is 1.86 bits per heavy atom. The Morgan fingerprint density at radius 3 is 2.66 bits per heavy atom. The molecule has 3 aromatic heterocycles. The van der Waals surface area contributed by atoms with Crippen LogP contribution in [0.3, 0.4) is 0 Å². The van der Waals surface area contributed by atoms with Crippen LogP contribution in [0.5, 0.6) is 0 Å². The second-order valence-corrected chi connectivity index (χ2v) is 8.48. The molecule has 1 aliphatic rings. The van der Waals surface area contributed by atoms with Gasteiger partial charge in [-0.05, 0) is 36.8 Å². The molecule has 0 amide bonds. The molecule has 0 unspecified atom stereocenters. The minimum absolute atomic E-state index is 0.0391. The molecule has 5 nitrogen and oxygen atoms in total. The molecule has 29 heavy (non-hydrogen) atoms. The molecule has 5 rings (SSSR count). The number of fused-ring (bicyclic) bond motifs is 3. The molecule has 0 bridgehead atoms. The van der Waals surface area contributed by atoms with Gasteiger partial charge >= 0.3 is 0 Å². The fourth-order valence-corrected chi connectivity index (χ4v) is 4.94. The Balaban J connectivity index is 1.70. The maximum Gasteiger partial charge on any atom is 0.261 e. The van der Waals surface area contributed by atoms with Gasteiger partial charge in [-0.2, -0.15) is 5.10 Å². The molecule has 3 heterocycles. The summed E-state index contributed by atoms with van der Waals surface area (Å²) in [5.41, 5.74) is 4.67. The van der Waals surface area contributed by atoms with Crippen LogP contribution in [0.2, 0.25) is 0 Å². The highest BCUT2D eigenvalue weighted by Gasteiger charge is 2.29. The predicted octanol–water partition coefficient (Wildman–Crippen LogP) is 5.02. The van der Waals surface area contributed by atoms with Gasteiger partial charge in [-0.15, -0.1) is 0 Å². The van der Waals surface area contributed by atoms with E-state index in [2.05, 4.69) is 31.0 Å². The van der Waals surface area contributed by atoms with Crippen molar-refractivity contribution in [1.29, 1.82) is 0 Å². The summed E-state index contributed by atoms with van der Waals surface area (Å²) < 4.78 is 3.76. The van der Waals surface area contributed by atoms with Crippen molar-refractivity contribution >= 4 is 16.6 Å². The zero-order valence-electron chi connectivity index (χ0n) is 17.2. The number of rotatable bonds is 2. The first kappa shape index (κ1) is 18.1. The molecule has 1 fully saturated rings. The van der Waals surface area contributed by atoms with Gasteiger partial charge in [0.1, 0.15) is 0 Å². The summed E-state index contributed by atoms with van der Waals surface area (Å²) >= 11 is 0. The zero-order valence-corrected chi connectivity index (χ0v) is 17.2. The van der Waals surface area contributed by atoms with E-state index in [-0.39, 0.29) is 11.6 Å². The van der Waals surface area contributed by atoms with Crippen LogP contribution in [0.4, 0.5) is 0 Å². The second-order valence-electron chi connectivity index (χ2n) is 8.48. The first-order chi connectivity index (χ1) is 14.1. The van der Waals surface area contributed by atoms with E-state index in [0.29, 0.717) is 17.2 Å². The first-order valence-electron chi connectivity index (χ1n) is 10.5. The Hall–Kier alpha value is -2.95. The van der Waals surface area contributed by atoms with Gasteiger partial charge in [-0.25, -0.2) is 9.50 Å². The summed E-state index contributed by atoms with van der Waals surface area (Å²) in [6, 6.07) is 12.5. The number of aromatic nitrogens is 4.